The van der Waals surface area contributed by atoms with Gasteiger partial charge in [0.25, 0.3) is 5.91 Å². The lowest BCUT2D eigenvalue weighted by atomic mass is 9.88. The third-order valence-electron chi connectivity index (χ3n) is 4.30. The summed E-state index contributed by atoms with van der Waals surface area (Å²) < 4.78 is 0. The fourth-order valence-corrected chi connectivity index (χ4v) is 3.16. The molecular weight excluding hydrogens is 258 g/mol. The minimum Gasteiger partial charge on any atom is -0.322 e. The van der Waals surface area contributed by atoms with Gasteiger partial charge in [-0.2, -0.15) is 0 Å². The summed E-state index contributed by atoms with van der Waals surface area (Å²) in [6.07, 6.45) is 0. The lowest BCUT2D eigenvalue weighted by Crippen LogP contribution is -2.11. The van der Waals surface area contributed by atoms with Crippen LogP contribution in [0.5, 0.6) is 0 Å². The third-order valence-corrected chi connectivity index (χ3v) is 4.30. The van der Waals surface area contributed by atoms with Crippen molar-refractivity contribution in [2.24, 2.45) is 0 Å². The van der Waals surface area contributed by atoms with E-state index in [0.29, 0.717) is 0 Å². The number of carbonyl (C=O) groups is 1. The zero-order chi connectivity index (χ0) is 14.4. The van der Waals surface area contributed by atoms with Gasteiger partial charge < -0.3 is 5.32 Å². The second-order valence-corrected chi connectivity index (χ2v) is 5.55. The van der Waals surface area contributed by atoms with Crippen LogP contribution in [0.3, 0.4) is 0 Å². The average Bonchev–Trinajstić information content (AvgIpc) is 2.62. The fourth-order valence-electron chi connectivity index (χ4n) is 3.16. The van der Waals surface area contributed by atoms with Gasteiger partial charge in [-0.25, -0.2) is 0 Å². The van der Waals surface area contributed by atoms with E-state index in [9.17, 15) is 4.79 Å². The summed E-state index contributed by atoms with van der Waals surface area (Å²) in [5.41, 5.74) is 3.95. The Morgan fingerprint density at radius 3 is 2.33 bits per heavy atom. The molecule has 0 saturated carbocycles. The van der Waals surface area contributed by atoms with Crippen molar-refractivity contribution in [1.82, 2.24) is 0 Å². The molecule has 1 N–H and O–H groups in total. The summed E-state index contributed by atoms with van der Waals surface area (Å²) in [6.45, 7) is 2.16. The van der Waals surface area contributed by atoms with Crippen molar-refractivity contribution in [3.05, 3.63) is 77.4 Å². The van der Waals surface area contributed by atoms with Crippen LogP contribution in [0.2, 0.25) is 0 Å². The lowest BCUT2D eigenvalue weighted by Gasteiger charge is -2.14. The van der Waals surface area contributed by atoms with Crippen LogP contribution in [0, 0.1) is 0 Å². The standard InChI is InChI=1S/C19H15NO/c1-12-15-8-4-5-9-18(15)20-19(21)17-11-14-7-3-2-6-13(14)10-16(12)17/h2-12H,1H3,(H,20,21). The molecule has 0 aromatic heterocycles. The van der Waals surface area contributed by atoms with E-state index in [1.165, 1.54) is 10.9 Å². The Hall–Kier alpha value is -2.61. The Balaban J connectivity index is 2.03. The molecule has 3 aromatic rings. The highest BCUT2D eigenvalue weighted by molar-refractivity contribution is 6.09. The van der Waals surface area contributed by atoms with Gasteiger partial charge in [0.05, 0.1) is 0 Å². The molecule has 4 rings (SSSR count). The maximum absolute atomic E-state index is 12.5. The fraction of sp³-hybridized carbons (Fsp3) is 0.105. The molecular formula is C19H15NO. The number of benzene rings is 3. The predicted molar refractivity (Wildman–Crippen MR) is 85.9 cm³/mol. The number of hydrogen-bond donors (Lipinski definition) is 1. The zero-order valence-corrected chi connectivity index (χ0v) is 11.8. The van der Waals surface area contributed by atoms with Gasteiger partial charge in [0.2, 0.25) is 0 Å². The van der Waals surface area contributed by atoms with Gasteiger partial charge in [-0.05, 0) is 40.1 Å². The number of carbonyl (C=O) groups excluding carboxylic acids is 1. The SMILES string of the molecule is CC1c2ccccc2NC(=O)c2cc3ccccc3cc21. The molecule has 0 aliphatic carbocycles. The smallest absolute Gasteiger partial charge is 0.255 e. The van der Waals surface area contributed by atoms with E-state index in [-0.39, 0.29) is 11.8 Å². The van der Waals surface area contributed by atoms with Gasteiger partial charge in [0.1, 0.15) is 0 Å². The second-order valence-electron chi connectivity index (χ2n) is 5.55. The number of amides is 1. The summed E-state index contributed by atoms with van der Waals surface area (Å²) >= 11 is 0. The molecule has 0 saturated heterocycles. The maximum atomic E-state index is 12.5. The highest BCUT2D eigenvalue weighted by atomic mass is 16.1. The Labute approximate surface area is 123 Å². The summed E-state index contributed by atoms with van der Waals surface area (Å²) in [6, 6.07) is 20.4. The van der Waals surface area contributed by atoms with Crippen molar-refractivity contribution < 1.29 is 4.79 Å². The maximum Gasteiger partial charge on any atom is 0.255 e. The van der Waals surface area contributed by atoms with E-state index in [1.807, 2.05) is 42.5 Å². The molecule has 2 nitrogen and oxygen atoms in total. The molecule has 1 heterocycles. The highest BCUT2D eigenvalue weighted by Gasteiger charge is 2.24. The molecule has 3 aromatic carbocycles. The van der Waals surface area contributed by atoms with E-state index < -0.39 is 0 Å². The van der Waals surface area contributed by atoms with Gasteiger partial charge in [-0.3, -0.25) is 4.79 Å². The van der Waals surface area contributed by atoms with E-state index in [1.54, 1.807) is 0 Å². The molecule has 0 fully saturated rings. The van der Waals surface area contributed by atoms with Crippen LogP contribution in [-0.4, -0.2) is 5.91 Å². The summed E-state index contributed by atoms with van der Waals surface area (Å²) in [7, 11) is 0. The first kappa shape index (κ1) is 12.2. The molecule has 2 heteroatoms. The second kappa shape index (κ2) is 4.45. The van der Waals surface area contributed by atoms with Gasteiger partial charge in [0.15, 0.2) is 0 Å². The van der Waals surface area contributed by atoms with Crippen LogP contribution >= 0.6 is 0 Å². The van der Waals surface area contributed by atoms with Crippen LogP contribution in [-0.2, 0) is 0 Å². The molecule has 1 atom stereocenters. The molecule has 0 spiro atoms. The number of rotatable bonds is 0. The van der Waals surface area contributed by atoms with Gasteiger partial charge >= 0.3 is 0 Å². The molecule has 1 amide bonds. The van der Waals surface area contributed by atoms with E-state index in [4.69, 9.17) is 0 Å². The highest BCUT2D eigenvalue weighted by Crippen LogP contribution is 2.37. The molecule has 1 aliphatic heterocycles. The minimum atomic E-state index is -0.0208. The van der Waals surface area contributed by atoms with E-state index >= 15 is 0 Å². The summed E-state index contributed by atoms with van der Waals surface area (Å²) in [5, 5.41) is 5.31. The average molecular weight is 273 g/mol. The molecule has 1 aliphatic rings. The van der Waals surface area contributed by atoms with Crippen molar-refractivity contribution >= 4 is 22.4 Å². The monoisotopic (exact) mass is 273 g/mol. The van der Waals surface area contributed by atoms with Crippen LogP contribution in [0.1, 0.15) is 34.3 Å². The summed E-state index contributed by atoms with van der Waals surface area (Å²) in [4.78, 5) is 12.5. The van der Waals surface area contributed by atoms with Crippen molar-refractivity contribution in [2.75, 3.05) is 5.32 Å². The minimum absolute atomic E-state index is 0.0208. The molecule has 21 heavy (non-hydrogen) atoms. The van der Waals surface area contributed by atoms with Crippen molar-refractivity contribution in [3.63, 3.8) is 0 Å². The number of para-hydroxylation sites is 1. The van der Waals surface area contributed by atoms with Crippen LogP contribution in [0.15, 0.2) is 60.7 Å². The van der Waals surface area contributed by atoms with Crippen LogP contribution in [0.25, 0.3) is 10.8 Å². The molecule has 102 valence electrons. The third kappa shape index (κ3) is 1.83. The Bertz CT molecular complexity index is 866. The Kier molecular flexibility index (Phi) is 2.58. The quantitative estimate of drug-likeness (QED) is 0.639. The number of nitrogens with one attached hydrogen (secondary N) is 1. The van der Waals surface area contributed by atoms with Crippen molar-refractivity contribution in [3.8, 4) is 0 Å². The van der Waals surface area contributed by atoms with Crippen molar-refractivity contribution in [2.45, 2.75) is 12.8 Å². The molecule has 0 bridgehead atoms. The number of hydrogen-bond acceptors (Lipinski definition) is 1. The number of anilines is 1. The van der Waals surface area contributed by atoms with Gasteiger partial charge in [-0.15, -0.1) is 0 Å². The zero-order valence-electron chi connectivity index (χ0n) is 11.8. The lowest BCUT2D eigenvalue weighted by molar-refractivity contribution is 0.102. The molecule has 1 unspecified atom stereocenters. The van der Waals surface area contributed by atoms with Gasteiger partial charge in [0, 0.05) is 17.2 Å². The summed E-state index contributed by atoms with van der Waals surface area (Å²) in [5.74, 6) is 0.173. The van der Waals surface area contributed by atoms with Crippen LogP contribution < -0.4 is 5.32 Å². The molecule has 0 radical (unpaired) electrons. The number of fused-ring (bicyclic) bond motifs is 3. The normalized spacial score (nSPS) is 16.8. The van der Waals surface area contributed by atoms with Gasteiger partial charge in [-0.1, -0.05) is 49.4 Å². The first-order valence-corrected chi connectivity index (χ1v) is 7.17. The van der Waals surface area contributed by atoms with Crippen LogP contribution in [0.4, 0.5) is 5.69 Å². The topological polar surface area (TPSA) is 29.1 Å². The first-order chi connectivity index (χ1) is 10.2. The van der Waals surface area contributed by atoms with E-state index in [0.717, 1.165) is 22.2 Å². The predicted octanol–water partition coefficient (Wildman–Crippen LogP) is 4.56. The Morgan fingerprint density at radius 2 is 1.52 bits per heavy atom. The van der Waals surface area contributed by atoms with Crippen molar-refractivity contribution in [1.29, 1.82) is 0 Å². The first-order valence-electron chi connectivity index (χ1n) is 7.17. The van der Waals surface area contributed by atoms with E-state index in [2.05, 4.69) is 30.4 Å². The Morgan fingerprint density at radius 1 is 0.857 bits per heavy atom. The largest absolute Gasteiger partial charge is 0.322 e.